The van der Waals surface area contributed by atoms with Gasteiger partial charge in [0.1, 0.15) is 0 Å². The highest BCUT2D eigenvalue weighted by molar-refractivity contribution is 6.03. The Hall–Kier alpha value is -3.63. The number of piperazine rings is 1. The van der Waals surface area contributed by atoms with E-state index in [1.807, 2.05) is 31.2 Å². The standard InChI is InChI=1S/C24H26N6O/c1-3-28-10-12-29(13-11-28)21-8-5-7-20(16-21)26-24(31)23-14-18(2)30(27-23)22-9-4-6-19(15-22)17-25/h4-9,14-16H,3,10-13H2,1-2H3,(H,26,31). The molecule has 4 rings (SSSR count). The summed E-state index contributed by atoms with van der Waals surface area (Å²) in [4.78, 5) is 17.6. The number of hydrogen-bond donors (Lipinski definition) is 1. The number of carbonyl (C=O) groups excluding carboxylic acids is 1. The molecule has 1 fully saturated rings. The van der Waals surface area contributed by atoms with Crippen molar-refractivity contribution in [3.05, 3.63) is 71.5 Å². The molecule has 1 N–H and O–H groups in total. The fraction of sp³-hybridized carbons (Fsp3) is 0.292. The van der Waals surface area contributed by atoms with Crippen LogP contribution in [-0.4, -0.2) is 53.3 Å². The highest BCUT2D eigenvalue weighted by atomic mass is 16.2. The number of anilines is 2. The van der Waals surface area contributed by atoms with Crippen LogP contribution in [0, 0.1) is 18.3 Å². The van der Waals surface area contributed by atoms with Crippen LogP contribution in [0.15, 0.2) is 54.6 Å². The fourth-order valence-corrected chi connectivity index (χ4v) is 3.85. The molecule has 1 saturated heterocycles. The van der Waals surface area contributed by atoms with Gasteiger partial charge in [-0.15, -0.1) is 0 Å². The van der Waals surface area contributed by atoms with Crippen LogP contribution >= 0.6 is 0 Å². The summed E-state index contributed by atoms with van der Waals surface area (Å²) >= 11 is 0. The third-order valence-corrected chi connectivity index (χ3v) is 5.63. The van der Waals surface area contributed by atoms with Gasteiger partial charge in [0.05, 0.1) is 17.3 Å². The predicted octanol–water partition coefficient (Wildman–Crippen LogP) is 3.45. The first-order chi connectivity index (χ1) is 15.1. The number of likely N-dealkylation sites (N-methyl/N-ethyl adjacent to an activating group) is 1. The average Bonchev–Trinajstić information content (AvgIpc) is 3.21. The first kappa shape index (κ1) is 20.6. The first-order valence-electron chi connectivity index (χ1n) is 10.5. The number of nitrogens with zero attached hydrogens (tertiary/aromatic N) is 5. The summed E-state index contributed by atoms with van der Waals surface area (Å²) in [6, 6.07) is 19.0. The molecule has 0 radical (unpaired) electrons. The minimum atomic E-state index is -0.258. The predicted molar refractivity (Wildman–Crippen MR) is 122 cm³/mol. The molecule has 1 amide bonds. The summed E-state index contributed by atoms with van der Waals surface area (Å²) in [6.45, 7) is 9.23. The molecular weight excluding hydrogens is 388 g/mol. The van der Waals surface area contributed by atoms with Crippen LogP contribution in [0.3, 0.4) is 0 Å². The van der Waals surface area contributed by atoms with E-state index in [1.54, 1.807) is 28.9 Å². The first-order valence-corrected chi connectivity index (χ1v) is 10.5. The number of aryl methyl sites for hydroxylation is 1. The van der Waals surface area contributed by atoms with Crippen LogP contribution < -0.4 is 10.2 Å². The van der Waals surface area contributed by atoms with Crippen LogP contribution in [0.5, 0.6) is 0 Å². The van der Waals surface area contributed by atoms with Crippen molar-refractivity contribution in [2.75, 3.05) is 42.9 Å². The summed E-state index contributed by atoms with van der Waals surface area (Å²) < 4.78 is 1.68. The number of carbonyl (C=O) groups is 1. The largest absolute Gasteiger partial charge is 0.369 e. The minimum absolute atomic E-state index is 0.258. The van der Waals surface area contributed by atoms with E-state index in [4.69, 9.17) is 5.26 Å². The van der Waals surface area contributed by atoms with Gasteiger partial charge in [-0.1, -0.05) is 19.1 Å². The lowest BCUT2D eigenvalue weighted by molar-refractivity contribution is 0.102. The Kier molecular flexibility index (Phi) is 6.01. The SMILES string of the molecule is CCN1CCN(c2cccc(NC(=O)c3cc(C)n(-c4cccc(C#N)c4)n3)c2)CC1. The molecule has 0 saturated carbocycles. The second-order valence-electron chi connectivity index (χ2n) is 7.67. The smallest absolute Gasteiger partial charge is 0.276 e. The van der Waals surface area contributed by atoms with Crippen LogP contribution in [0.4, 0.5) is 11.4 Å². The Balaban J connectivity index is 1.48. The zero-order chi connectivity index (χ0) is 21.8. The summed E-state index contributed by atoms with van der Waals surface area (Å²) in [5, 5.41) is 16.6. The van der Waals surface area contributed by atoms with Gasteiger partial charge in [-0.2, -0.15) is 10.4 Å². The molecule has 1 aliphatic heterocycles. The molecule has 0 spiro atoms. The highest BCUT2D eigenvalue weighted by Crippen LogP contribution is 2.22. The Morgan fingerprint density at radius 2 is 1.81 bits per heavy atom. The highest BCUT2D eigenvalue weighted by Gasteiger charge is 2.17. The number of nitrogens with one attached hydrogen (secondary N) is 1. The Morgan fingerprint density at radius 1 is 1.06 bits per heavy atom. The molecule has 7 nitrogen and oxygen atoms in total. The molecule has 3 aromatic rings. The second-order valence-corrected chi connectivity index (χ2v) is 7.67. The number of nitriles is 1. The lowest BCUT2D eigenvalue weighted by Crippen LogP contribution is -2.46. The Labute approximate surface area is 182 Å². The van der Waals surface area contributed by atoms with Crippen molar-refractivity contribution in [3.63, 3.8) is 0 Å². The summed E-state index contributed by atoms with van der Waals surface area (Å²) in [6.07, 6.45) is 0. The van der Waals surface area contributed by atoms with Crippen molar-refractivity contribution in [1.82, 2.24) is 14.7 Å². The van der Waals surface area contributed by atoms with Crippen molar-refractivity contribution in [2.45, 2.75) is 13.8 Å². The maximum atomic E-state index is 12.8. The molecule has 2 heterocycles. The molecule has 1 aliphatic rings. The van der Waals surface area contributed by atoms with Gasteiger partial charge in [0.25, 0.3) is 5.91 Å². The fourth-order valence-electron chi connectivity index (χ4n) is 3.85. The molecule has 0 unspecified atom stereocenters. The van der Waals surface area contributed by atoms with E-state index in [0.717, 1.165) is 55.5 Å². The minimum Gasteiger partial charge on any atom is -0.369 e. The molecule has 0 aliphatic carbocycles. The van der Waals surface area contributed by atoms with Crippen molar-refractivity contribution >= 4 is 17.3 Å². The van der Waals surface area contributed by atoms with Gasteiger partial charge in [0.15, 0.2) is 5.69 Å². The molecule has 2 aromatic carbocycles. The van der Waals surface area contributed by atoms with Crippen LogP contribution in [0.25, 0.3) is 5.69 Å². The number of aromatic nitrogens is 2. The average molecular weight is 415 g/mol. The quantitative estimate of drug-likeness (QED) is 0.692. The van der Waals surface area contributed by atoms with Crippen LogP contribution in [0.1, 0.15) is 28.7 Å². The van der Waals surface area contributed by atoms with Crippen LogP contribution in [0.2, 0.25) is 0 Å². The number of hydrogen-bond acceptors (Lipinski definition) is 5. The third kappa shape index (κ3) is 4.60. The van der Waals surface area contributed by atoms with Crippen LogP contribution in [-0.2, 0) is 0 Å². The molecule has 0 bridgehead atoms. The summed E-state index contributed by atoms with van der Waals surface area (Å²) in [5.41, 5.74) is 4.33. The van der Waals surface area contributed by atoms with E-state index in [1.165, 1.54) is 0 Å². The number of benzene rings is 2. The maximum absolute atomic E-state index is 12.8. The van der Waals surface area contributed by atoms with Gasteiger partial charge in [-0.05, 0) is 55.9 Å². The van der Waals surface area contributed by atoms with Crippen molar-refractivity contribution < 1.29 is 4.79 Å². The zero-order valence-electron chi connectivity index (χ0n) is 17.9. The van der Waals surface area contributed by atoms with E-state index in [0.29, 0.717) is 11.3 Å². The molecule has 1 aromatic heterocycles. The normalized spacial score (nSPS) is 14.3. The number of amides is 1. The second kappa shape index (κ2) is 9.02. The Bertz CT molecular complexity index is 1120. The van der Waals surface area contributed by atoms with E-state index in [2.05, 4.69) is 39.3 Å². The molecule has 31 heavy (non-hydrogen) atoms. The Morgan fingerprint density at radius 3 is 2.55 bits per heavy atom. The number of rotatable bonds is 5. The van der Waals surface area contributed by atoms with Gasteiger partial charge in [-0.25, -0.2) is 4.68 Å². The molecule has 0 atom stereocenters. The molecule has 7 heteroatoms. The topological polar surface area (TPSA) is 77.2 Å². The monoisotopic (exact) mass is 414 g/mol. The summed E-state index contributed by atoms with van der Waals surface area (Å²) in [5.74, 6) is -0.258. The van der Waals surface area contributed by atoms with Crippen molar-refractivity contribution in [1.29, 1.82) is 5.26 Å². The van der Waals surface area contributed by atoms with E-state index < -0.39 is 0 Å². The van der Waals surface area contributed by atoms with Gasteiger partial charge in [-0.3, -0.25) is 4.79 Å². The van der Waals surface area contributed by atoms with Crippen molar-refractivity contribution in [3.8, 4) is 11.8 Å². The van der Waals surface area contributed by atoms with Gasteiger partial charge >= 0.3 is 0 Å². The molecule has 158 valence electrons. The van der Waals surface area contributed by atoms with E-state index in [-0.39, 0.29) is 5.91 Å². The summed E-state index contributed by atoms with van der Waals surface area (Å²) in [7, 11) is 0. The zero-order valence-corrected chi connectivity index (χ0v) is 17.9. The lowest BCUT2D eigenvalue weighted by Gasteiger charge is -2.35. The maximum Gasteiger partial charge on any atom is 0.276 e. The van der Waals surface area contributed by atoms with Crippen molar-refractivity contribution in [2.24, 2.45) is 0 Å². The molecular formula is C24H26N6O. The van der Waals surface area contributed by atoms with Gasteiger partial charge in [0.2, 0.25) is 0 Å². The van der Waals surface area contributed by atoms with Gasteiger partial charge < -0.3 is 15.1 Å². The van der Waals surface area contributed by atoms with E-state index in [9.17, 15) is 4.79 Å². The third-order valence-electron chi connectivity index (χ3n) is 5.63. The van der Waals surface area contributed by atoms with Gasteiger partial charge in [0, 0.05) is 43.2 Å². The lowest BCUT2D eigenvalue weighted by atomic mass is 10.2. The van der Waals surface area contributed by atoms with E-state index >= 15 is 0 Å².